The zero-order valence-corrected chi connectivity index (χ0v) is 17.0. The van der Waals surface area contributed by atoms with Crippen LogP contribution in [0.1, 0.15) is 49.3 Å². The zero-order chi connectivity index (χ0) is 20.1. The Morgan fingerprint density at radius 1 is 1.25 bits per heavy atom. The molecule has 1 aromatic carbocycles. The molecule has 2 heterocycles. The summed E-state index contributed by atoms with van der Waals surface area (Å²) in [6, 6.07) is 6.37. The van der Waals surface area contributed by atoms with Crippen LogP contribution in [-0.4, -0.2) is 48.5 Å². The van der Waals surface area contributed by atoms with E-state index in [2.05, 4.69) is 15.5 Å². The molecule has 2 N–H and O–H groups in total. The fourth-order valence-corrected chi connectivity index (χ4v) is 4.87. The summed E-state index contributed by atoms with van der Waals surface area (Å²) < 4.78 is 33.0. The van der Waals surface area contributed by atoms with E-state index in [1.807, 2.05) is 6.92 Å². The Hall–Kier alpha value is -2.39. The maximum absolute atomic E-state index is 13.0. The van der Waals surface area contributed by atoms with Crippen LogP contribution in [0.5, 0.6) is 5.75 Å². The van der Waals surface area contributed by atoms with Crippen LogP contribution < -0.4 is 10.1 Å². The summed E-state index contributed by atoms with van der Waals surface area (Å²) in [5, 5.41) is 9.59. The lowest BCUT2D eigenvalue weighted by atomic mass is 10.2. The predicted octanol–water partition coefficient (Wildman–Crippen LogP) is 2.80. The molecule has 152 valence electrons. The highest BCUT2D eigenvalue weighted by Gasteiger charge is 2.30. The molecule has 0 saturated carbocycles. The third kappa shape index (κ3) is 4.36. The average Bonchev–Trinajstić information content (AvgIpc) is 3.35. The second-order valence-corrected chi connectivity index (χ2v) is 8.59. The number of aromatic nitrogens is 2. The van der Waals surface area contributed by atoms with Crippen molar-refractivity contribution < 1.29 is 17.9 Å². The predicted molar refractivity (Wildman–Crippen MR) is 106 cm³/mol. The third-order valence-corrected chi connectivity index (χ3v) is 6.49. The molecule has 3 rings (SSSR count). The second kappa shape index (κ2) is 8.74. The Kier molecular flexibility index (Phi) is 6.35. The molecule has 0 unspecified atom stereocenters. The van der Waals surface area contributed by atoms with Gasteiger partial charge in [-0.15, -0.1) is 0 Å². The van der Waals surface area contributed by atoms with Gasteiger partial charge in [0.2, 0.25) is 10.0 Å². The van der Waals surface area contributed by atoms with Gasteiger partial charge in [-0.1, -0.05) is 13.3 Å². The van der Waals surface area contributed by atoms with Crippen LogP contribution >= 0.6 is 0 Å². The van der Waals surface area contributed by atoms with E-state index in [9.17, 15) is 13.2 Å². The molecule has 1 aliphatic rings. The fourth-order valence-electron chi connectivity index (χ4n) is 3.20. The molecule has 8 nitrogen and oxygen atoms in total. The highest BCUT2D eigenvalue weighted by Crippen LogP contribution is 2.31. The van der Waals surface area contributed by atoms with Gasteiger partial charge in [-0.2, -0.15) is 9.40 Å². The van der Waals surface area contributed by atoms with Gasteiger partial charge in [-0.3, -0.25) is 9.89 Å². The van der Waals surface area contributed by atoms with Gasteiger partial charge >= 0.3 is 0 Å². The lowest BCUT2D eigenvalue weighted by Crippen LogP contribution is -2.28. The van der Waals surface area contributed by atoms with Crippen LogP contribution in [0.15, 0.2) is 29.2 Å². The van der Waals surface area contributed by atoms with Crippen LogP contribution in [0.3, 0.4) is 0 Å². The number of amides is 1. The Morgan fingerprint density at radius 3 is 2.68 bits per heavy atom. The first-order chi connectivity index (χ1) is 13.5. The van der Waals surface area contributed by atoms with E-state index < -0.39 is 15.9 Å². The lowest BCUT2D eigenvalue weighted by molar-refractivity contribution is 0.102. The Labute approximate surface area is 165 Å². The monoisotopic (exact) mass is 406 g/mol. The van der Waals surface area contributed by atoms with Crippen molar-refractivity contribution in [1.29, 1.82) is 0 Å². The van der Waals surface area contributed by atoms with E-state index in [4.69, 9.17) is 4.74 Å². The van der Waals surface area contributed by atoms with E-state index in [0.717, 1.165) is 31.4 Å². The minimum absolute atomic E-state index is 0.0720. The van der Waals surface area contributed by atoms with Gasteiger partial charge in [0.1, 0.15) is 10.6 Å². The molecule has 0 bridgehead atoms. The smallest absolute Gasteiger partial charge is 0.276 e. The quantitative estimate of drug-likeness (QED) is 0.701. The largest absolute Gasteiger partial charge is 0.492 e. The summed E-state index contributed by atoms with van der Waals surface area (Å²) in [4.78, 5) is 12.5. The normalized spacial score (nSPS) is 14.9. The molecule has 0 spiro atoms. The number of carbonyl (C=O) groups excluding carboxylic acids is 1. The number of rotatable bonds is 8. The molecule has 1 amide bonds. The van der Waals surface area contributed by atoms with Crippen molar-refractivity contribution in [2.75, 3.05) is 25.0 Å². The molecule has 28 heavy (non-hydrogen) atoms. The Balaban J connectivity index is 1.86. The molecule has 2 aromatic rings. The van der Waals surface area contributed by atoms with E-state index in [0.29, 0.717) is 25.4 Å². The molecule has 1 aliphatic heterocycles. The fraction of sp³-hybridized carbons (Fsp3) is 0.474. The number of aryl methyl sites for hydroxylation is 1. The van der Waals surface area contributed by atoms with Crippen LogP contribution in [0.2, 0.25) is 0 Å². The number of nitrogens with zero attached hydrogens (tertiary/aromatic N) is 2. The SMILES string of the molecule is CCCc1cc(C(=O)Nc2ccc(OCC)c(S(=O)(=O)N3CCCC3)c2)n[nH]1. The number of hydrogen-bond acceptors (Lipinski definition) is 5. The maximum atomic E-state index is 13.0. The van der Waals surface area contributed by atoms with E-state index >= 15 is 0 Å². The van der Waals surface area contributed by atoms with Crippen molar-refractivity contribution in [3.8, 4) is 5.75 Å². The summed E-state index contributed by atoms with van der Waals surface area (Å²) in [6.07, 6.45) is 3.44. The minimum Gasteiger partial charge on any atom is -0.492 e. The van der Waals surface area contributed by atoms with Gasteiger partial charge < -0.3 is 10.1 Å². The molecule has 0 aliphatic carbocycles. The number of H-pyrrole nitrogens is 1. The van der Waals surface area contributed by atoms with E-state index in [1.54, 1.807) is 25.1 Å². The van der Waals surface area contributed by atoms with Crippen LogP contribution in [0.4, 0.5) is 5.69 Å². The number of hydrogen-bond donors (Lipinski definition) is 2. The molecule has 1 saturated heterocycles. The first-order valence-electron chi connectivity index (χ1n) is 9.58. The van der Waals surface area contributed by atoms with Gasteiger partial charge in [0, 0.05) is 24.5 Å². The molecular weight excluding hydrogens is 380 g/mol. The number of ether oxygens (including phenoxy) is 1. The molecule has 0 atom stereocenters. The van der Waals surface area contributed by atoms with Crippen molar-refractivity contribution in [3.05, 3.63) is 35.7 Å². The van der Waals surface area contributed by atoms with Crippen LogP contribution in [0.25, 0.3) is 0 Å². The highest BCUT2D eigenvalue weighted by molar-refractivity contribution is 7.89. The molecule has 9 heteroatoms. The number of nitrogens with one attached hydrogen (secondary N) is 2. The molecule has 0 radical (unpaired) electrons. The summed E-state index contributed by atoms with van der Waals surface area (Å²) in [5.74, 6) is -0.107. The van der Waals surface area contributed by atoms with Crippen molar-refractivity contribution in [2.24, 2.45) is 0 Å². The summed E-state index contributed by atoms with van der Waals surface area (Å²) in [5.41, 5.74) is 1.53. The van der Waals surface area contributed by atoms with Gasteiger partial charge in [0.15, 0.2) is 5.69 Å². The first-order valence-corrected chi connectivity index (χ1v) is 11.0. The maximum Gasteiger partial charge on any atom is 0.276 e. The van der Waals surface area contributed by atoms with Crippen molar-refractivity contribution in [3.63, 3.8) is 0 Å². The van der Waals surface area contributed by atoms with Gasteiger partial charge in [-0.25, -0.2) is 8.42 Å². The third-order valence-electron chi connectivity index (χ3n) is 4.57. The van der Waals surface area contributed by atoms with Crippen molar-refractivity contribution in [1.82, 2.24) is 14.5 Å². The zero-order valence-electron chi connectivity index (χ0n) is 16.2. The Morgan fingerprint density at radius 2 is 2.00 bits per heavy atom. The number of carbonyl (C=O) groups is 1. The second-order valence-electron chi connectivity index (χ2n) is 6.69. The Bertz CT molecular complexity index is 933. The first kappa shape index (κ1) is 20.3. The van der Waals surface area contributed by atoms with Gasteiger partial charge in [0.25, 0.3) is 5.91 Å². The van der Waals surface area contributed by atoms with Crippen LogP contribution in [-0.2, 0) is 16.4 Å². The van der Waals surface area contributed by atoms with Crippen molar-refractivity contribution in [2.45, 2.75) is 44.4 Å². The van der Waals surface area contributed by atoms with Gasteiger partial charge in [-0.05, 0) is 50.5 Å². The highest BCUT2D eigenvalue weighted by atomic mass is 32.2. The minimum atomic E-state index is -3.68. The lowest BCUT2D eigenvalue weighted by Gasteiger charge is -2.19. The van der Waals surface area contributed by atoms with Crippen LogP contribution in [0, 0.1) is 0 Å². The number of benzene rings is 1. The summed E-state index contributed by atoms with van der Waals surface area (Å²) in [7, 11) is -3.68. The molecule has 1 fully saturated rings. The number of anilines is 1. The molecular formula is C19H26N4O4S. The van der Waals surface area contributed by atoms with Crippen molar-refractivity contribution >= 4 is 21.6 Å². The molecule has 1 aromatic heterocycles. The van der Waals surface area contributed by atoms with E-state index in [-0.39, 0.29) is 16.3 Å². The van der Waals surface area contributed by atoms with E-state index in [1.165, 1.54) is 10.4 Å². The number of aromatic amines is 1. The summed E-state index contributed by atoms with van der Waals surface area (Å²) in [6.45, 7) is 5.19. The summed E-state index contributed by atoms with van der Waals surface area (Å²) >= 11 is 0. The average molecular weight is 407 g/mol. The number of sulfonamides is 1. The topological polar surface area (TPSA) is 104 Å². The van der Waals surface area contributed by atoms with Gasteiger partial charge in [0.05, 0.1) is 6.61 Å². The standard InChI is InChI=1S/C19H26N4O4S/c1-3-7-15-12-16(22-21-15)19(24)20-14-8-9-17(27-4-2)18(13-14)28(25,26)23-10-5-6-11-23/h8-9,12-13H,3-7,10-11H2,1-2H3,(H,20,24)(H,21,22).